The Balaban J connectivity index is 3.23. The molecule has 0 saturated heterocycles. The Labute approximate surface area is 106 Å². The number of carbonyl (C=O) groups excluding carboxylic acids is 1. The monoisotopic (exact) mass is 256 g/mol. The Kier molecular flexibility index (Phi) is 4.22. The number of hydrogen-bond donors (Lipinski definition) is 0. The van der Waals surface area contributed by atoms with Gasteiger partial charge in [0.15, 0.2) is 17.4 Å². The molecule has 1 rings (SSSR count). The fraction of sp³-hybridized carbons (Fsp3) is 0.500. The molecular formula is C14H18F2O2. The van der Waals surface area contributed by atoms with E-state index in [1.165, 1.54) is 26.2 Å². The molecule has 1 unspecified atom stereocenters. The van der Waals surface area contributed by atoms with Gasteiger partial charge in [-0.05, 0) is 24.0 Å². The maximum Gasteiger partial charge on any atom is 0.195 e. The number of aryl methyl sites for hydroxylation is 1. The van der Waals surface area contributed by atoms with E-state index in [1.807, 2.05) is 20.8 Å². The lowest BCUT2D eigenvalue weighted by Crippen LogP contribution is -2.36. The van der Waals surface area contributed by atoms with Crippen molar-refractivity contribution >= 4 is 5.78 Å². The smallest absolute Gasteiger partial charge is 0.195 e. The molecule has 0 spiro atoms. The lowest BCUT2D eigenvalue weighted by Gasteiger charge is -2.28. The number of rotatable bonds is 3. The number of carbonyl (C=O) groups is 1. The highest BCUT2D eigenvalue weighted by atomic mass is 19.2. The maximum atomic E-state index is 13.7. The van der Waals surface area contributed by atoms with Crippen LogP contribution in [-0.4, -0.2) is 19.0 Å². The Morgan fingerprint density at radius 3 is 2.22 bits per heavy atom. The molecule has 0 heterocycles. The van der Waals surface area contributed by atoms with Gasteiger partial charge in [0.25, 0.3) is 0 Å². The molecule has 0 aromatic heterocycles. The highest BCUT2D eigenvalue weighted by Crippen LogP contribution is 2.27. The second-order valence-corrected chi connectivity index (χ2v) is 5.40. The van der Waals surface area contributed by atoms with Crippen molar-refractivity contribution in [2.45, 2.75) is 33.8 Å². The number of benzene rings is 1. The van der Waals surface area contributed by atoms with Gasteiger partial charge in [-0.15, -0.1) is 0 Å². The maximum absolute atomic E-state index is 13.7. The molecule has 0 bridgehead atoms. The normalized spacial score (nSPS) is 13.5. The van der Waals surface area contributed by atoms with Crippen LogP contribution in [0.3, 0.4) is 0 Å². The fourth-order valence-corrected chi connectivity index (χ4v) is 1.83. The molecule has 2 nitrogen and oxygen atoms in total. The third-order valence-corrected chi connectivity index (χ3v) is 2.80. The zero-order valence-corrected chi connectivity index (χ0v) is 11.3. The predicted molar refractivity (Wildman–Crippen MR) is 65.7 cm³/mol. The van der Waals surface area contributed by atoms with E-state index < -0.39 is 28.9 Å². The largest absolute Gasteiger partial charge is 0.373 e. The van der Waals surface area contributed by atoms with E-state index in [9.17, 15) is 13.6 Å². The highest BCUT2D eigenvalue weighted by Gasteiger charge is 2.34. The molecule has 0 aliphatic rings. The van der Waals surface area contributed by atoms with Crippen LogP contribution in [0.5, 0.6) is 0 Å². The van der Waals surface area contributed by atoms with E-state index >= 15 is 0 Å². The molecule has 18 heavy (non-hydrogen) atoms. The standard InChI is InChI=1S/C14H18F2O2/c1-8-6-7-9(11(16)10(8)15)12(17)13(18-5)14(2,3)4/h6-7,13H,1-5H3. The second kappa shape index (κ2) is 5.14. The van der Waals surface area contributed by atoms with Crippen molar-refractivity contribution in [2.75, 3.05) is 7.11 Å². The van der Waals surface area contributed by atoms with Crippen LogP contribution >= 0.6 is 0 Å². The van der Waals surface area contributed by atoms with Crippen LogP contribution in [0.1, 0.15) is 36.7 Å². The summed E-state index contributed by atoms with van der Waals surface area (Å²) in [6, 6.07) is 2.69. The van der Waals surface area contributed by atoms with Crippen LogP contribution in [0, 0.1) is 24.0 Å². The van der Waals surface area contributed by atoms with Gasteiger partial charge in [-0.2, -0.15) is 0 Å². The molecule has 0 radical (unpaired) electrons. The molecule has 100 valence electrons. The second-order valence-electron chi connectivity index (χ2n) is 5.40. The minimum atomic E-state index is -1.11. The van der Waals surface area contributed by atoms with Crippen molar-refractivity contribution in [3.63, 3.8) is 0 Å². The summed E-state index contributed by atoms with van der Waals surface area (Å²) in [6.07, 6.45) is -0.811. The number of methoxy groups -OCH3 is 1. The average Bonchev–Trinajstić information content (AvgIpc) is 2.25. The van der Waals surface area contributed by atoms with Crippen LogP contribution in [0.2, 0.25) is 0 Å². The van der Waals surface area contributed by atoms with Crippen molar-refractivity contribution in [3.05, 3.63) is 34.9 Å². The molecule has 4 heteroatoms. The highest BCUT2D eigenvalue weighted by molar-refractivity contribution is 6.00. The predicted octanol–water partition coefficient (Wildman–Crippen LogP) is 3.52. The summed E-state index contributed by atoms with van der Waals surface area (Å²) < 4.78 is 32.3. The van der Waals surface area contributed by atoms with Crippen LogP contribution in [-0.2, 0) is 4.74 Å². The molecule has 0 N–H and O–H groups in total. The fourth-order valence-electron chi connectivity index (χ4n) is 1.83. The van der Waals surface area contributed by atoms with Crippen molar-refractivity contribution in [1.82, 2.24) is 0 Å². The van der Waals surface area contributed by atoms with Gasteiger partial charge in [-0.1, -0.05) is 26.8 Å². The van der Waals surface area contributed by atoms with Crippen LogP contribution in [0.25, 0.3) is 0 Å². The molecule has 0 saturated carbocycles. The quantitative estimate of drug-likeness (QED) is 0.773. The van der Waals surface area contributed by atoms with Crippen molar-refractivity contribution in [1.29, 1.82) is 0 Å². The Bertz CT molecular complexity index is 462. The first-order valence-corrected chi connectivity index (χ1v) is 5.71. The van der Waals surface area contributed by atoms with Crippen molar-refractivity contribution in [2.24, 2.45) is 5.41 Å². The van der Waals surface area contributed by atoms with E-state index in [1.54, 1.807) is 0 Å². The summed E-state index contributed by atoms with van der Waals surface area (Å²) in [4.78, 5) is 12.2. The molecule has 0 fully saturated rings. The summed E-state index contributed by atoms with van der Waals surface area (Å²) in [7, 11) is 1.39. The average molecular weight is 256 g/mol. The molecule has 1 aromatic rings. The lowest BCUT2D eigenvalue weighted by atomic mass is 9.84. The van der Waals surface area contributed by atoms with Gasteiger partial charge in [0, 0.05) is 7.11 Å². The zero-order chi connectivity index (χ0) is 14.1. The summed E-state index contributed by atoms with van der Waals surface area (Å²) in [5.74, 6) is -2.63. The van der Waals surface area contributed by atoms with Gasteiger partial charge in [0.05, 0.1) is 5.56 Å². The minimum Gasteiger partial charge on any atom is -0.373 e. The van der Waals surface area contributed by atoms with Gasteiger partial charge in [0.1, 0.15) is 6.10 Å². The zero-order valence-electron chi connectivity index (χ0n) is 11.3. The molecule has 0 amide bonds. The van der Waals surface area contributed by atoms with Gasteiger partial charge in [-0.3, -0.25) is 4.79 Å². The molecular weight excluding hydrogens is 238 g/mol. The lowest BCUT2D eigenvalue weighted by molar-refractivity contribution is 0.0192. The van der Waals surface area contributed by atoms with E-state index in [0.29, 0.717) is 0 Å². The topological polar surface area (TPSA) is 26.3 Å². The minimum absolute atomic E-state index is 0.175. The number of hydrogen-bond acceptors (Lipinski definition) is 2. The summed E-state index contributed by atoms with van der Waals surface area (Å²) in [5.41, 5.74) is -0.576. The number of Topliss-reactive ketones (excluding diaryl/α,β-unsaturated/α-hetero) is 1. The summed E-state index contributed by atoms with van der Waals surface area (Å²) in [6.45, 7) is 6.87. The SMILES string of the molecule is COC(C(=O)c1ccc(C)c(F)c1F)C(C)(C)C. The Morgan fingerprint density at radius 2 is 1.78 bits per heavy atom. The first-order valence-electron chi connectivity index (χ1n) is 5.71. The van der Waals surface area contributed by atoms with Crippen LogP contribution in [0.4, 0.5) is 8.78 Å². The van der Waals surface area contributed by atoms with Crippen LogP contribution < -0.4 is 0 Å². The van der Waals surface area contributed by atoms with E-state index in [2.05, 4.69) is 0 Å². The van der Waals surface area contributed by atoms with Crippen molar-refractivity contribution < 1.29 is 18.3 Å². The van der Waals surface area contributed by atoms with Gasteiger partial charge < -0.3 is 4.74 Å². The van der Waals surface area contributed by atoms with E-state index in [0.717, 1.165) is 0 Å². The number of ether oxygens (including phenoxy) is 1. The van der Waals surface area contributed by atoms with E-state index in [-0.39, 0.29) is 11.1 Å². The molecule has 0 aliphatic carbocycles. The molecule has 1 atom stereocenters. The summed E-state index contributed by atoms with van der Waals surface area (Å²) >= 11 is 0. The van der Waals surface area contributed by atoms with Crippen LogP contribution in [0.15, 0.2) is 12.1 Å². The Morgan fingerprint density at radius 1 is 1.22 bits per heavy atom. The summed E-state index contributed by atoms with van der Waals surface area (Å²) in [5, 5.41) is 0. The first-order chi connectivity index (χ1) is 8.20. The van der Waals surface area contributed by atoms with Gasteiger partial charge in [0.2, 0.25) is 0 Å². The van der Waals surface area contributed by atoms with Crippen molar-refractivity contribution in [3.8, 4) is 0 Å². The third kappa shape index (κ3) is 2.75. The van der Waals surface area contributed by atoms with Gasteiger partial charge >= 0.3 is 0 Å². The van der Waals surface area contributed by atoms with E-state index in [4.69, 9.17) is 4.74 Å². The number of halogens is 2. The third-order valence-electron chi connectivity index (χ3n) is 2.80. The van der Waals surface area contributed by atoms with Gasteiger partial charge in [-0.25, -0.2) is 8.78 Å². The first kappa shape index (κ1) is 14.8. The molecule has 1 aromatic carbocycles. The molecule has 0 aliphatic heterocycles. The number of ketones is 1. The Hall–Kier alpha value is -1.29.